The number of rotatable bonds is 6. The lowest BCUT2D eigenvalue weighted by Crippen LogP contribution is -2.45. The fourth-order valence-electron chi connectivity index (χ4n) is 2.30. The minimum absolute atomic E-state index is 0.0899. The molecule has 2 aromatic rings. The summed E-state index contributed by atoms with van der Waals surface area (Å²) in [5.74, 6) is -1.92. The summed E-state index contributed by atoms with van der Waals surface area (Å²) in [6, 6.07) is 12.7. The van der Waals surface area contributed by atoms with Gasteiger partial charge in [0.05, 0.1) is 6.54 Å². The highest BCUT2D eigenvalue weighted by molar-refractivity contribution is 6.35. The van der Waals surface area contributed by atoms with E-state index in [2.05, 4.69) is 10.6 Å². The van der Waals surface area contributed by atoms with Gasteiger partial charge in [0.15, 0.2) is 0 Å². The summed E-state index contributed by atoms with van der Waals surface area (Å²) >= 11 is 6.00. The molecule has 0 aliphatic heterocycles. The van der Waals surface area contributed by atoms with Gasteiger partial charge in [0.1, 0.15) is 11.4 Å². The molecule has 1 unspecified atom stereocenters. The first kappa shape index (κ1) is 19.9. The molecular weight excluding hydrogens is 359 g/mol. The number of amides is 2. The Kier molecular flexibility index (Phi) is 6.71. The van der Waals surface area contributed by atoms with Gasteiger partial charge in [-0.3, -0.25) is 9.59 Å². The van der Waals surface area contributed by atoms with Crippen molar-refractivity contribution < 1.29 is 18.7 Å². The average Bonchev–Trinajstić information content (AvgIpc) is 2.65. The Bertz CT molecular complexity index is 783. The Morgan fingerprint density at radius 2 is 1.77 bits per heavy atom. The number of nitrogens with one attached hydrogen (secondary N) is 2. The third-order valence-electron chi connectivity index (χ3n) is 4.04. The molecule has 0 aliphatic rings. The zero-order chi connectivity index (χ0) is 19.2. The molecule has 0 saturated heterocycles. The molecule has 2 rings (SSSR count). The molecule has 2 aromatic carbocycles. The number of methoxy groups -OCH3 is 1. The maximum absolute atomic E-state index is 12.9. The Morgan fingerprint density at radius 3 is 2.38 bits per heavy atom. The fraction of sp³-hybridized carbons (Fsp3) is 0.263. The van der Waals surface area contributed by atoms with Crippen LogP contribution in [-0.2, 0) is 26.5 Å². The van der Waals surface area contributed by atoms with Gasteiger partial charge in [-0.25, -0.2) is 4.39 Å². The van der Waals surface area contributed by atoms with E-state index in [4.69, 9.17) is 16.3 Å². The van der Waals surface area contributed by atoms with Crippen LogP contribution >= 0.6 is 11.6 Å². The van der Waals surface area contributed by atoms with E-state index in [0.717, 1.165) is 5.56 Å². The smallest absolute Gasteiger partial charge is 0.309 e. The van der Waals surface area contributed by atoms with Crippen LogP contribution in [0.25, 0.3) is 0 Å². The summed E-state index contributed by atoms with van der Waals surface area (Å²) in [7, 11) is 1.52. The van der Waals surface area contributed by atoms with Gasteiger partial charge >= 0.3 is 11.8 Å². The lowest BCUT2D eigenvalue weighted by atomic mass is 9.95. The monoisotopic (exact) mass is 378 g/mol. The Morgan fingerprint density at radius 1 is 1.12 bits per heavy atom. The van der Waals surface area contributed by atoms with Gasteiger partial charge in [0.2, 0.25) is 0 Å². The number of ether oxygens (including phenoxy) is 1. The van der Waals surface area contributed by atoms with Crippen molar-refractivity contribution in [3.05, 3.63) is 70.5 Å². The fourth-order valence-corrected chi connectivity index (χ4v) is 2.49. The van der Waals surface area contributed by atoms with Gasteiger partial charge in [0.25, 0.3) is 0 Å². The lowest BCUT2D eigenvalue weighted by Gasteiger charge is -2.29. The Labute approximate surface area is 156 Å². The first-order valence-electron chi connectivity index (χ1n) is 7.96. The quantitative estimate of drug-likeness (QED) is 0.759. The highest BCUT2D eigenvalue weighted by Gasteiger charge is 2.28. The standard InChI is InChI=1S/C19H20ClFN2O3/c1-19(26-2,14-4-3-5-15(20)10-14)12-23-18(25)17(24)22-11-13-6-8-16(21)9-7-13/h3-10H,11-12H2,1-2H3,(H,22,24)(H,23,25). The molecule has 2 N–H and O–H groups in total. The second-order valence-electron chi connectivity index (χ2n) is 5.94. The summed E-state index contributed by atoms with van der Waals surface area (Å²) in [5.41, 5.74) is 0.630. The van der Waals surface area contributed by atoms with Gasteiger partial charge < -0.3 is 15.4 Å². The van der Waals surface area contributed by atoms with Crippen LogP contribution in [0.3, 0.4) is 0 Å². The molecule has 0 fully saturated rings. The molecule has 0 saturated carbocycles. The first-order valence-corrected chi connectivity index (χ1v) is 8.33. The van der Waals surface area contributed by atoms with Crippen molar-refractivity contribution in [2.24, 2.45) is 0 Å². The molecule has 0 aromatic heterocycles. The zero-order valence-electron chi connectivity index (χ0n) is 14.5. The molecule has 0 bridgehead atoms. The minimum Gasteiger partial charge on any atom is -0.372 e. The van der Waals surface area contributed by atoms with Crippen LogP contribution < -0.4 is 10.6 Å². The summed E-state index contributed by atoms with van der Waals surface area (Å²) in [4.78, 5) is 23.9. The number of carbonyl (C=O) groups excluding carboxylic acids is 2. The van der Waals surface area contributed by atoms with E-state index < -0.39 is 17.4 Å². The van der Waals surface area contributed by atoms with Crippen LogP contribution in [0.1, 0.15) is 18.1 Å². The van der Waals surface area contributed by atoms with Crippen molar-refractivity contribution in [2.45, 2.75) is 19.1 Å². The van der Waals surface area contributed by atoms with Crippen molar-refractivity contribution in [3.63, 3.8) is 0 Å². The number of carbonyl (C=O) groups is 2. The van der Waals surface area contributed by atoms with Crippen molar-refractivity contribution in [1.29, 1.82) is 0 Å². The zero-order valence-corrected chi connectivity index (χ0v) is 15.3. The van der Waals surface area contributed by atoms with Crippen LogP contribution in [0.5, 0.6) is 0 Å². The topological polar surface area (TPSA) is 67.4 Å². The summed E-state index contributed by atoms with van der Waals surface area (Å²) < 4.78 is 18.4. The van der Waals surface area contributed by atoms with Gasteiger partial charge in [-0.2, -0.15) is 0 Å². The SMILES string of the molecule is COC(C)(CNC(=O)C(=O)NCc1ccc(F)cc1)c1cccc(Cl)c1. The molecule has 1 atom stereocenters. The van der Waals surface area contributed by atoms with E-state index in [1.54, 1.807) is 25.1 Å². The van der Waals surface area contributed by atoms with E-state index in [9.17, 15) is 14.0 Å². The first-order chi connectivity index (χ1) is 12.3. The van der Waals surface area contributed by atoms with Crippen LogP contribution in [-0.4, -0.2) is 25.5 Å². The predicted molar refractivity (Wildman–Crippen MR) is 97.1 cm³/mol. The van der Waals surface area contributed by atoms with Gasteiger partial charge in [0, 0.05) is 18.7 Å². The largest absolute Gasteiger partial charge is 0.372 e. The maximum Gasteiger partial charge on any atom is 0.309 e. The van der Waals surface area contributed by atoms with Gasteiger partial charge in [-0.1, -0.05) is 35.9 Å². The number of hydrogen-bond acceptors (Lipinski definition) is 3. The van der Waals surface area contributed by atoms with Crippen molar-refractivity contribution in [2.75, 3.05) is 13.7 Å². The molecule has 138 valence electrons. The molecule has 7 heteroatoms. The van der Waals surface area contributed by atoms with E-state index in [-0.39, 0.29) is 18.9 Å². The van der Waals surface area contributed by atoms with Gasteiger partial charge in [-0.15, -0.1) is 0 Å². The molecular formula is C19H20ClFN2O3. The van der Waals surface area contributed by atoms with Crippen LogP contribution in [0.2, 0.25) is 5.02 Å². The Balaban J connectivity index is 1.91. The van der Waals surface area contributed by atoms with Crippen molar-refractivity contribution >= 4 is 23.4 Å². The maximum atomic E-state index is 12.9. The third kappa shape index (κ3) is 5.28. The van der Waals surface area contributed by atoms with Gasteiger partial charge in [-0.05, 0) is 42.3 Å². The second kappa shape index (κ2) is 8.78. The minimum atomic E-state index is -0.836. The normalized spacial score (nSPS) is 12.9. The van der Waals surface area contributed by atoms with Crippen molar-refractivity contribution in [3.8, 4) is 0 Å². The molecule has 0 radical (unpaired) electrons. The van der Waals surface area contributed by atoms with E-state index in [0.29, 0.717) is 10.6 Å². The number of halogens is 2. The molecule has 0 spiro atoms. The summed E-state index contributed by atoms with van der Waals surface area (Å²) in [5, 5.41) is 5.59. The molecule has 5 nitrogen and oxygen atoms in total. The number of benzene rings is 2. The summed E-state index contributed by atoms with van der Waals surface area (Å²) in [6.45, 7) is 2.00. The average molecular weight is 379 g/mol. The highest BCUT2D eigenvalue weighted by Crippen LogP contribution is 2.26. The molecule has 2 amide bonds. The van der Waals surface area contributed by atoms with E-state index >= 15 is 0 Å². The van der Waals surface area contributed by atoms with E-state index in [1.165, 1.54) is 31.4 Å². The highest BCUT2D eigenvalue weighted by atomic mass is 35.5. The van der Waals surface area contributed by atoms with Crippen LogP contribution in [0.15, 0.2) is 48.5 Å². The summed E-state index contributed by atoms with van der Waals surface area (Å²) in [6.07, 6.45) is 0. The van der Waals surface area contributed by atoms with Crippen LogP contribution in [0, 0.1) is 5.82 Å². The van der Waals surface area contributed by atoms with Crippen LogP contribution in [0.4, 0.5) is 4.39 Å². The van der Waals surface area contributed by atoms with E-state index in [1.807, 2.05) is 6.07 Å². The molecule has 26 heavy (non-hydrogen) atoms. The predicted octanol–water partition coefficient (Wildman–Crippen LogP) is 2.77. The molecule has 0 aliphatic carbocycles. The number of hydrogen-bond donors (Lipinski definition) is 2. The van der Waals surface area contributed by atoms with Crippen molar-refractivity contribution in [1.82, 2.24) is 10.6 Å². The molecule has 0 heterocycles. The second-order valence-corrected chi connectivity index (χ2v) is 6.37. The lowest BCUT2D eigenvalue weighted by molar-refractivity contribution is -0.140. The Hall–Kier alpha value is -2.44. The third-order valence-corrected chi connectivity index (χ3v) is 4.28.